The zero-order chi connectivity index (χ0) is 10.4. The molecule has 1 heterocycles. The van der Waals surface area contributed by atoms with Crippen molar-refractivity contribution in [1.29, 1.82) is 5.26 Å². The summed E-state index contributed by atoms with van der Waals surface area (Å²) in [6.45, 7) is 1.14. The lowest BCUT2D eigenvalue weighted by Gasteiger charge is -2.25. The highest BCUT2D eigenvalue weighted by Crippen LogP contribution is 1.88. The normalized spacial score (nSPS) is 17.9. The molecule has 0 radical (unpaired) electrons. The smallest absolute Gasteiger partial charge is 0.316 e. The first-order valence-corrected chi connectivity index (χ1v) is 3.91. The zero-order valence-corrected chi connectivity index (χ0v) is 7.45. The number of hydrogen-bond donors (Lipinski definition) is 4. The second-order valence-electron chi connectivity index (χ2n) is 2.59. The number of amides is 2. The van der Waals surface area contributed by atoms with Gasteiger partial charge in [-0.05, 0) is 0 Å². The third-order valence-electron chi connectivity index (χ3n) is 1.55. The molecular formula is C6H11N7O. The van der Waals surface area contributed by atoms with Gasteiger partial charge in [0.05, 0.1) is 20.0 Å². The van der Waals surface area contributed by atoms with Crippen LogP contribution in [-0.2, 0) is 0 Å². The van der Waals surface area contributed by atoms with Gasteiger partial charge in [0.2, 0.25) is 5.96 Å². The molecule has 0 bridgehead atoms. The Kier molecular flexibility index (Phi) is 3.51. The van der Waals surface area contributed by atoms with E-state index in [1.807, 2.05) is 0 Å². The molecule has 14 heavy (non-hydrogen) atoms. The molecule has 76 valence electrons. The molecule has 0 aromatic rings. The van der Waals surface area contributed by atoms with Crippen molar-refractivity contribution in [3.05, 3.63) is 0 Å². The summed E-state index contributed by atoms with van der Waals surface area (Å²) in [5, 5.41) is 15.5. The Morgan fingerprint density at radius 2 is 2.36 bits per heavy atom. The maximum absolute atomic E-state index is 10.7. The van der Waals surface area contributed by atoms with Crippen LogP contribution in [0.4, 0.5) is 4.79 Å². The summed E-state index contributed by atoms with van der Waals surface area (Å²) in [5.41, 5.74) is 5.31. The molecule has 1 saturated heterocycles. The first-order chi connectivity index (χ1) is 6.72. The van der Waals surface area contributed by atoms with Crippen molar-refractivity contribution in [1.82, 2.24) is 20.9 Å². The Morgan fingerprint density at radius 1 is 1.71 bits per heavy atom. The van der Waals surface area contributed by atoms with Crippen LogP contribution in [0.25, 0.3) is 0 Å². The van der Waals surface area contributed by atoms with Gasteiger partial charge in [-0.1, -0.05) is 0 Å². The fraction of sp³-hybridized carbons (Fsp3) is 0.500. The number of carbonyl (C=O) groups excluding carboxylic acids is 1. The van der Waals surface area contributed by atoms with Crippen LogP contribution in [0.5, 0.6) is 0 Å². The Hall–Kier alpha value is -2.01. The fourth-order valence-corrected chi connectivity index (χ4v) is 0.859. The fourth-order valence-electron chi connectivity index (χ4n) is 0.859. The van der Waals surface area contributed by atoms with Crippen molar-refractivity contribution in [3.63, 3.8) is 0 Å². The van der Waals surface area contributed by atoms with Crippen LogP contribution >= 0.6 is 0 Å². The molecule has 1 rings (SSSR count). The summed E-state index contributed by atoms with van der Waals surface area (Å²) < 4.78 is 0. The summed E-state index contributed by atoms with van der Waals surface area (Å²) in [6.07, 6.45) is 1.65. The molecule has 1 aliphatic heterocycles. The van der Waals surface area contributed by atoms with Gasteiger partial charge < -0.3 is 16.4 Å². The first kappa shape index (κ1) is 10.1. The highest BCUT2D eigenvalue weighted by atomic mass is 16.2. The van der Waals surface area contributed by atoms with Gasteiger partial charge in [0, 0.05) is 0 Å². The summed E-state index contributed by atoms with van der Waals surface area (Å²) in [5.74, 6) is 0.0596. The molecule has 1 fully saturated rings. The first-order valence-electron chi connectivity index (χ1n) is 3.91. The molecule has 0 unspecified atom stereocenters. The lowest BCUT2D eigenvalue weighted by molar-refractivity contribution is 0.185. The molecule has 8 heteroatoms. The number of nitrogens with one attached hydrogen (secondary N) is 3. The third-order valence-corrected chi connectivity index (χ3v) is 1.55. The van der Waals surface area contributed by atoms with Crippen LogP contribution in [0.1, 0.15) is 0 Å². The minimum Gasteiger partial charge on any atom is -0.369 e. The van der Waals surface area contributed by atoms with Crippen LogP contribution in [0.3, 0.4) is 0 Å². The van der Waals surface area contributed by atoms with E-state index in [1.54, 1.807) is 11.1 Å². The highest BCUT2D eigenvalue weighted by Gasteiger charge is 2.12. The lowest BCUT2D eigenvalue weighted by Crippen LogP contribution is -2.54. The lowest BCUT2D eigenvalue weighted by atomic mass is 10.6. The monoisotopic (exact) mass is 197 g/mol. The number of urea groups is 1. The summed E-state index contributed by atoms with van der Waals surface area (Å²) in [4.78, 5) is 16.3. The number of carbonyl (C=O) groups is 1. The van der Waals surface area contributed by atoms with Crippen LogP contribution < -0.4 is 21.7 Å². The average molecular weight is 197 g/mol. The van der Waals surface area contributed by atoms with Gasteiger partial charge in [-0.2, -0.15) is 5.26 Å². The van der Waals surface area contributed by atoms with Gasteiger partial charge in [0.15, 0.2) is 6.19 Å². The SMILES string of the molecule is N#CNC(N)=NCN1CNC(=O)NC1. The number of rotatable bonds is 2. The van der Waals surface area contributed by atoms with Crippen molar-refractivity contribution in [3.8, 4) is 6.19 Å². The van der Waals surface area contributed by atoms with E-state index in [9.17, 15) is 4.79 Å². The highest BCUT2D eigenvalue weighted by molar-refractivity contribution is 5.79. The molecule has 0 aromatic carbocycles. The number of aliphatic imine (C=N–C) groups is 1. The molecule has 8 nitrogen and oxygen atoms in total. The van der Waals surface area contributed by atoms with E-state index in [-0.39, 0.29) is 12.0 Å². The minimum atomic E-state index is -0.201. The quantitative estimate of drug-likeness (QED) is 0.174. The van der Waals surface area contributed by atoms with E-state index in [1.165, 1.54) is 0 Å². The molecule has 0 spiro atoms. The Bertz CT molecular complexity index is 270. The van der Waals surface area contributed by atoms with E-state index in [4.69, 9.17) is 11.0 Å². The van der Waals surface area contributed by atoms with Crippen LogP contribution in [-0.4, -0.2) is 36.9 Å². The van der Waals surface area contributed by atoms with Gasteiger partial charge in [-0.15, -0.1) is 0 Å². The number of nitriles is 1. The molecular weight excluding hydrogens is 186 g/mol. The molecule has 5 N–H and O–H groups in total. The average Bonchev–Trinajstić information content (AvgIpc) is 2.17. The summed E-state index contributed by atoms with van der Waals surface area (Å²) in [7, 11) is 0. The summed E-state index contributed by atoms with van der Waals surface area (Å²) >= 11 is 0. The van der Waals surface area contributed by atoms with Gasteiger partial charge in [-0.25, -0.2) is 14.7 Å². The molecule has 1 aliphatic rings. The molecule has 0 aliphatic carbocycles. The number of hydrogen-bond acceptors (Lipinski definition) is 4. The van der Waals surface area contributed by atoms with Crippen molar-refractivity contribution in [2.45, 2.75) is 0 Å². The molecule has 2 amide bonds. The summed E-state index contributed by atoms with van der Waals surface area (Å²) in [6, 6.07) is -0.201. The maximum atomic E-state index is 10.7. The maximum Gasteiger partial charge on any atom is 0.316 e. The predicted molar refractivity (Wildman–Crippen MR) is 48.5 cm³/mol. The second kappa shape index (κ2) is 4.88. The standard InChI is InChI=1S/C6H11N7O/c7-1-9-5(8)10-2-13-3-11-6(14)12-4-13/h2-4H2,(H3,8,9,10)(H2,11,12,14). The van der Waals surface area contributed by atoms with Gasteiger partial charge in [0.1, 0.15) is 0 Å². The van der Waals surface area contributed by atoms with E-state index in [0.29, 0.717) is 20.0 Å². The number of nitrogens with two attached hydrogens (primary N) is 1. The second-order valence-corrected chi connectivity index (χ2v) is 2.59. The zero-order valence-electron chi connectivity index (χ0n) is 7.45. The Labute approximate surface area is 80.8 Å². The molecule has 0 saturated carbocycles. The van der Waals surface area contributed by atoms with Gasteiger partial charge in [-0.3, -0.25) is 5.32 Å². The third kappa shape index (κ3) is 3.16. The van der Waals surface area contributed by atoms with Crippen molar-refractivity contribution < 1.29 is 4.79 Å². The van der Waals surface area contributed by atoms with Gasteiger partial charge in [0.25, 0.3) is 0 Å². The van der Waals surface area contributed by atoms with Crippen molar-refractivity contribution in [2.75, 3.05) is 20.0 Å². The topological polar surface area (TPSA) is 119 Å². The van der Waals surface area contributed by atoms with E-state index in [0.717, 1.165) is 0 Å². The van der Waals surface area contributed by atoms with Crippen molar-refractivity contribution >= 4 is 12.0 Å². The van der Waals surface area contributed by atoms with E-state index < -0.39 is 0 Å². The number of nitrogens with zero attached hydrogens (tertiary/aromatic N) is 3. The van der Waals surface area contributed by atoms with Crippen LogP contribution in [0, 0.1) is 11.5 Å². The predicted octanol–water partition coefficient (Wildman–Crippen LogP) is -2.14. The number of guanidine groups is 1. The van der Waals surface area contributed by atoms with Crippen molar-refractivity contribution in [2.24, 2.45) is 10.7 Å². The molecule has 0 atom stereocenters. The van der Waals surface area contributed by atoms with Gasteiger partial charge >= 0.3 is 6.03 Å². The minimum absolute atomic E-state index is 0.0596. The van der Waals surface area contributed by atoms with E-state index >= 15 is 0 Å². The van der Waals surface area contributed by atoms with E-state index in [2.05, 4.69) is 20.9 Å². The van der Waals surface area contributed by atoms with Crippen LogP contribution in [0.15, 0.2) is 4.99 Å². The Morgan fingerprint density at radius 3 is 2.93 bits per heavy atom. The Balaban J connectivity index is 2.28. The van der Waals surface area contributed by atoms with Crippen LogP contribution in [0.2, 0.25) is 0 Å². The molecule has 0 aromatic heterocycles. The largest absolute Gasteiger partial charge is 0.369 e.